The molecule has 6 heteroatoms. The number of rotatable bonds is 6. The molecule has 2 aromatic rings. The van der Waals surface area contributed by atoms with Crippen LogP contribution in [0.1, 0.15) is 18.2 Å². The minimum Gasteiger partial charge on any atom is -0.469 e. The van der Waals surface area contributed by atoms with E-state index in [0.717, 1.165) is 24.3 Å². The molecule has 4 nitrogen and oxygen atoms in total. The van der Waals surface area contributed by atoms with Crippen LogP contribution < -0.4 is 10.6 Å². The Bertz CT molecular complexity index is 594. The van der Waals surface area contributed by atoms with Crippen LogP contribution in [0.5, 0.6) is 0 Å². The van der Waals surface area contributed by atoms with Crippen molar-refractivity contribution in [2.24, 2.45) is 4.99 Å². The SMILES string of the molecule is CCNC(=NCc1cc(F)cc(Br)c1)NCCc1ccco1. The van der Waals surface area contributed by atoms with Gasteiger partial charge in [0.1, 0.15) is 11.6 Å². The van der Waals surface area contributed by atoms with Crippen molar-refractivity contribution >= 4 is 21.9 Å². The number of hydrogen-bond acceptors (Lipinski definition) is 2. The molecule has 0 aliphatic heterocycles. The molecule has 0 aliphatic carbocycles. The van der Waals surface area contributed by atoms with Crippen LogP contribution >= 0.6 is 15.9 Å². The maximum absolute atomic E-state index is 13.3. The third kappa shape index (κ3) is 5.52. The van der Waals surface area contributed by atoms with Gasteiger partial charge in [0.05, 0.1) is 12.8 Å². The van der Waals surface area contributed by atoms with Crippen molar-refractivity contribution in [3.63, 3.8) is 0 Å². The molecule has 0 aliphatic rings. The van der Waals surface area contributed by atoms with Crippen LogP contribution in [-0.2, 0) is 13.0 Å². The van der Waals surface area contributed by atoms with Crippen LogP contribution in [0, 0.1) is 5.82 Å². The Labute approximate surface area is 138 Å². The molecule has 2 rings (SSSR count). The zero-order valence-corrected chi connectivity index (χ0v) is 14.0. The van der Waals surface area contributed by atoms with Gasteiger partial charge in [-0.3, -0.25) is 0 Å². The normalized spacial score (nSPS) is 11.5. The van der Waals surface area contributed by atoms with Gasteiger partial charge in [-0.25, -0.2) is 9.38 Å². The molecule has 118 valence electrons. The lowest BCUT2D eigenvalue weighted by Gasteiger charge is -2.10. The second kappa shape index (κ2) is 8.58. The van der Waals surface area contributed by atoms with Crippen LogP contribution in [0.4, 0.5) is 4.39 Å². The lowest BCUT2D eigenvalue weighted by molar-refractivity contribution is 0.507. The predicted octanol–water partition coefficient (Wildman–Crippen LogP) is 3.48. The molecule has 1 aromatic heterocycles. The van der Waals surface area contributed by atoms with Crippen LogP contribution in [-0.4, -0.2) is 19.0 Å². The third-order valence-corrected chi connectivity index (χ3v) is 3.39. The van der Waals surface area contributed by atoms with Crippen molar-refractivity contribution < 1.29 is 8.81 Å². The highest BCUT2D eigenvalue weighted by Gasteiger charge is 2.01. The van der Waals surface area contributed by atoms with Crippen molar-refractivity contribution in [1.82, 2.24) is 10.6 Å². The molecule has 0 unspecified atom stereocenters. The topological polar surface area (TPSA) is 49.6 Å². The van der Waals surface area contributed by atoms with Gasteiger partial charge in [-0.2, -0.15) is 0 Å². The van der Waals surface area contributed by atoms with Crippen molar-refractivity contribution in [2.45, 2.75) is 19.9 Å². The minimum atomic E-state index is -0.268. The van der Waals surface area contributed by atoms with Gasteiger partial charge in [-0.15, -0.1) is 0 Å². The summed E-state index contributed by atoms with van der Waals surface area (Å²) in [7, 11) is 0. The van der Waals surface area contributed by atoms with E-state index in [1.807, 2.05) is 25.1 Å². The Morgan fingerprint density at radius 2 is 2.18 bits per heavy atom. The highest BCUT2D eigenvalue weighted by atomic mass is 79.9. The maximum atomic E-state index is 13.3. The number of nitrogens with one attached hydrogen (secondary N) is 2. The van der Waals surface area contributed by atoms with Crippen molar-refractivity contribution in [2.75, 3.05) is 13.1 Å². The molecule has 0 fully saturated rings. The summed E-state index contributed by atoms with van der Waals surface area (Å²) >= 11 is 3.28. The first kappa shape index (κ1) is 16.5. The number of guanidine groups is 1. The maximum Gasteiger partial charge on any atom is 0.191 e. The third-order valence-electron chi connectivity index (χ3n) is 2.93. The summed E-state index contributed by atoms with van der Waals surface area (Å²) < 4.78 is 19.3. The molecule has 0 radical (unpaired) electrons. The number of aliphatic imine (C=N–C) groups is 1. The number of nitrogens with zero attached hydrogens (tertiary/aromatic N) is 1. The molecule has 0 atom stereocenters. The first-order valence-corrected chi connectivity index (χ1v) is 7.96. The monoisotopic (exact) mass is 367 g/mol. The Balaban J connectivity index is 1.91. The molecule has 0 bridgehead atoms. The summed E-state index contributed by atoms with van der Waals surface area (Å²) in [4.78, 5) is 4.46. The summed E-state index contributed by atoms with van der Waals surface area (Å²) in [5.41, 5.74) is 0.815. The van der Waals surface area contributed by atoms with Crippen LogP contribution in [0.2, 0.25) is 0 Å². The number of furan rings is 1. The highest BCUT2D eigenvalue weighted by Crippen LogP contribution is 2.15. The summed E-state index contributed by atoms with van der Waals surface area (Å²) in [6.07, 6.45) is 2.44. The van der Waals surface area contributed by atoms with E-state index < -0.39 is 0 Å². The van der Waals surface area contributed by atoms with E-state index in [4.69, 9.17) is 4.42 Å². The lowest BCUT2D eigenvalue weighted by Crippen LogP contribution is -2.38. The quantitative estimate of drug-likeness (QED) is 0.606. The Morgan fingerprint density at radius 3 is 2.86 bits per heavy atom. The van der Waals surface area contributed by atoms with Crippen LogP contribution in [0.15, 0.2) is 50.5 Å². The summed E-state index contributed by atoms with van der Waals surface area (Å²) in [5, 5.41) is 6.40. The van der Waals surface area contributed by atoms with E-state index in [1.54, 1.807) is 6.26 Å². The zero-order valence-electron chi connectivity index (χ0n) is 12.4. The summed E-state index contributed by atoms with van der Waals surface area (Å²) in [5.74, 6) is 1.36. The van der Waals surface area contributed by atoms with Crippen molar-refractivity contribution in [1.29, 1.82) is 0 Å². The molecule has 22 heavy (non-hydrogen) atoms. The second-order valence-corrected chi connectivity index (χ2v) is 5.64. The fraction of sp³-hybridized carbons (Fsp3) is 0.312. The van der Waals surface area contributed by atoms with Gasteiger partial charge in [0.25, 0.3) is 0 Å². The Hall–Kier alpha value is -1.82. The first-order valence-electron chi connectivity index (χ1n) is 7.17. The van der Waals surface area contributed by atoms with E-state index in [1.165, 1.54) is 12.1 Å². The molecular formula is C16H19BrFN3O. The van der Waals surface area contributed by atoms with Crippen LogP contribution in [0.25, 0.3) is 0 Å². The van der Waals surface area contributed by atoms with Gasteiger partial charge in [-0.1, -0.05) is 15.9 Å². The smallest absolute Gasteiger partial charge is 0.191 e. The van der Waals surface area contributed by atoms with Crippen LogP contribution in [0.3, 0.4) is 0 Å². The largest absolute Gasteiger partial charge is 0.469 e. The average molecular weight is 368 g/mol. The van der Waals surface area contributed by atoms with E-state index in [0.29, 0.717) is 23.5 Å². The first-order chi connectivity index (χ1) is 10.7. The Morgan fingerprint density at radius 1 is 1.32 bits per heavy atom. The number of halogens is 2. The predicted molar refractivity (Wildman–Crippen MR) is 89.3 cm³/mol. The van der Waals surface area contributed by atoms with E-state index in [-0.39, 0.29) is 5.82 Å². The standard InChI is InChI=1S/C16H19BrFN3O/c1-2-19-16(20-6-5-15-4-3-7-22-15)21-11-12-8-13(17)10-14(18)9-12/h3-4,7-10H,2,5-6,11H2,1H3,(H2,19,20,21). The molecule has 0 amide bonds. The van der Waals surface area contributed by atoms with Gasteiger partial charge in [0.2, 0.25) is 0 Å². The van der Waals surface area contributed by atoms with Gasteiger partial charge in [-0.05, 0) is 42.8 Å². The highest BCUT2D eigenvalue weighted by molar-refractivity contribution is 9.10. The Kier molecular flexibility index (Phi) is 6.45. The molecule has 1 heterocycles. The fourth-order valence-electron chi connectivity index (χ4n) is 1.97. The van der Waals surface area contributed by atoms with Gasteiger partial charge in [0.15, 0.2) is 5.96 Å². The molecule has 1 aromatic carbocycles. The van der Waals surface area contributed by atoms with Gasteiger partial charge >= 0.3 is 0 Å². The van der Waals surface area contributed by atoms with Crippen molar-refractivity contribution in [3.8, 4) is 0 Å². The average Bonchev–Trinajstić information content (AvgIpc) is 2.97. The molecule has 0 saturated heterocycles. The van der Waals surface area contributed by atoms with E-state index >= 15 is 0 Å². The number of hydrogen-bond donors (Lipinski definition) is 2. The summed E-state index contributed by atoms with van der Waals surface area (Å²) in [6, 6.07) is 8.59. The van der Waals surface area contributed by atoms with Crippen molar-refractivity contribution in [3.05, 3.63) is 58.2 Å². The summed E-state index contributed by atoms with van der Waals surface area (Å²) in [6.45, 7) is 3.89. The zero-order chi connectivity index (χ0) is 15.8. The molecule has 2 N–H and O–H groups in total. The second-order valence-electron chi connectivity index (χ2n) is 4.73. The van der Waals surface area contributed by atoms with Gasteiger partial charge < -0.3 is 15.1 Å². The fourth-order valence-corrected chi connectivity index (χ4v) is 2.49. The minimum absolute atomic E-state index is 0.268. The molecule has 0 spiro atoms. The van der Waals surface area contributed by atoms with E-state index in [2.05, 4.69) is 31.6 Å². The van der Waals surface area contributed by atoms with E-state index in [9.17, 15) is 4.39 Å². The lowest BCUT2D eigenvalue weighted by atomic mass is 10.2. The number of benzene rings is 1. The molecular weight excluding hydrogens is 349 g/mol. The molecule has 0 saturated carbocycles. The van der Waals surface area contributed by atoms with Gasteiger partial charge in [0, 0.05) is 24.0 Å².